The maximum atomic E-state index is 12.3. The Balaban J connectivity index is 2.01. The van der Waals surface area contributed by atoms with E-state index < -0.39 is 5.43 Å². The molecule has 1 aliphatic rings. The molecule has 116 valence electrons. The average Bonchev–Trinajstić information content (AvgIpc) is 2.95. The molecule has 0 saturated heterocycles. The second-order valence-corrected chi connectivity index (χ2v) is 5.01. The molecule has 3 N–H and O–H groups in total. The topological polar surface area (TPSA) is 109 Å². The minimum absolute atomic E-state index is 0.0312. The molecule has 3 aromatic rings. The summed E-state index contributed by atoms with van der Waals surface area (Å²) in [4.78, 5) is 12.3. The highest BCUT2D eigenvalue weighted by molar-refractivity contribution is 5.90. The molecule has 1 aromatic heterocycles. The van der Waals surface area contributed by atoms with E-state index in [1.807, 2.05) is 0 Å². The lowest BCUT2D eigenvalue weighted by Crippen LogP contribution is -2.01. The molecule has 0 spiro atoms. The fourth-order valence-electron chi connectivity index (χ4n) is 2.52. The summed E-state index contributed by atoms with van der Waals surface area (Å²) in [6.45, 7) is -0.0565. The Labute approximate surface area is 128 Å². The molecule has 0 unspecified atom stereocenters. The fourth-order valence-corrected chi connectivity index (χ4v) is 2.52. The first-order valence-corrected chi connectivity index (χ1v) is 6.66. The third-order valence-electron chi connectivity index (χ3n) is 3.58. The Morgan fingerprint density at radius 2 is 1.83 bits per heavy atom. The van der Waals surface area contributed by atoms with Crippen molar-refractivity contribution in [2.75, 3.05) is 6.79 Å². The second kappa shape index (κ2) is 4.57. The van der Waals surface area contributed by atoms with Gasteiger partial charge in [0, 0.05) is 18.2 Å². The van der Waals surface area contributed by atoms with E-state index in [-0.39, 0.29) is 57.8 Å². The van der Waals surface area contributed by atoms with Crippen molar-refractivity contribution in [1.82, 2.24) is 0 Å². The minimum Gasteiger partial charge on any atom is -0.508 e. The summed E-state index contributed by atoms with van der Waals surface area (Å²) in [5.41, 5.74) is -0.162. The smallest absolute Gasteiger partial charge is 0.231 e. The highest BCUT2D eigenvalue weighted by Crippen LogP contribution is 2.45. The molecule has 2 heterocycles. The standard InChI is InChI=1S/C16H10O7/c17-7-1-2-8(9(18)3-7)11-4-10(19)14-12(23-11)5-13-16(15(14)20)22-6-21-13/h1-5,17-18,20H,6H2. The van der Waals surface area contributed by atoms with Gasteiger partial charge in [-0.1, -0.05) is 0 Å². The third kappa shape index (κ3) is 1.94. The van der Waals surface area contributed by atoms with Crippen LogP contribution < -0.4 is 14.9 Å². The lowest BCUT2D eigenvalue weighted by molar-refractivity contribution is 0.171. The van der Waals surface area contributed by atoms with Crippen molar-refractivity contribution in [1.29, 1.82) is 0 Å². The highest BCUT2D eigenvalue weighted by atomic mass is 16.7. The normalized spacial score (nSPS) is 12.7. The van der Waals surface area contributed by atoms with Gasteiger partial charge >= 0.3 is 0 Å². The van der Waals surface area contributed by atoms with Crippen molar-refractivity contribution in [3.63, 3.8) is 0 Å². The molecule has 0 aliphatic carbocycles. The number of rotatable bonds is 1. The average molecular weight is 314 g/mol. The Hall–Kier alpha value is -3.35. The number of hydrogen-bond acceptors (Lipinski definition) is 7. The van der Waals surface area contributed by atoms with Crippen molar-refractivity contribution >= 4 is 11.0 Å². The van der Waals surface area contributed by atoms with Gasteiger partial charge in [0.2, 0.25) is 12.5 Å². The van der Waals surface area contributed by atoms with Crippen molar-refractivity contribution in [3.8, 4) is 40.1 Å². The number of ether oxygens (including phenoxy) is 2. The van der Waals surface area contributed by atoms with Crippen LogP contribution in [0.4, 0.5) is 0 Å². The van der Waals surface area contributed by atoms with Gasteiger partial charge in [0.05, 0.1) is 5.56 Å². The first-order chi connectivity index (χ1) is 11.0. The molecular weight excluding hydrogens is 304 g/mol. The van der Waals surface area contributed by atoms with Crippen LogP contribution >= 0.6 is 0 Å². The van der Waals surface area contributed by atoms with Crippen LogP contribution in [-0.2, 0) is 0 Å². The first kappa shape index (κ1) is 13.3. The Morgan fingerprint density at radius 3 is 2.61 bits per heavy atom. The molecule has 0 radical (unpaired) electrons. The van der Waals surface area contributed by atoms with Crippen molar-refractivity contribution in [3.05, 3.63) is 40.6 Å². The molecule has 2 aromatic carbocycles. The van der Waals surface area contributed by atoms with Crippen molar-refractivity contribution in [2.45, 2.75) is 0 Å². The van der Waals surface area contributed by atoms with E-state index >= 15 is 0 Å². The zero-order valence-corrected chi connectivity index (χ0v) is 11.6. The van der Waals surface area contributed by atoms with Gasteiger partial charge < -0.3 is 29.2 Å². The summed E-state index contributed by atoms with van der Waals surface area (Å²) in [6.07, 6.45) is 0. The molecule has 7 heteroatoms. The Kier molecular flexibility index (Phi) is 2.65. The van der Waals surface area contributed by atoms with E-state index in [1.165, 1.54) is 18.2 Å². The zero-order valence-electron chi connectivity index (χ0n) is 11.6. The van der Waals surface area contributed by atoms with Crippen LogP contribution in [0, 0.1) is 0 Å². The van der Waals surface area contributed by atoms with Gasteiger partial charge in [-0.2, -0.15) is 0 Å². The summed E-state index contributed by atoms with van der Waals surface area (Å²) < 4.78 is 15.9. The van der Waals surface area contributed by atoms with Crippen LogP contribution in [-0.4, -0.2) is 22.1 Å². The van der Waals surface area contributed by atoms with Gasteiger partial charge in [0.1, 0.15) is 28.2 Å². The molecule has 23 heavy (non-hydrogen) atoms. The molecule has 1 aliphatic heterocycles. The molecule has 0 bridgehead atoms. The second-order valence-electron chi connectivity index (χ2n) is 5.01. The van der Waals surface area contributed by atoms with E-state index in [9.17, 15) is 20.1 Å². The van der Waals surface area contributed by atoms with Crippen LogP contribution in [0.5, 0.6) is 28.7 Å². The summed E-state index contributed by atoms with van der Waals surface area (Å²) >= 11 is 0. The Morgan fingerprint density at radius 1 is 1.00 bits per heavy atom. The molecular formula is C16H10O7. The largest absolute Gasteiger partial charge is 0.508 e. The molecule has 0 amide bonds. The maximum absolute atomic E-state index is 12.3. The molecule has 0 fully saturated rings. The summed E-state index contributed by atoms with van der Waals surface area (Å²) in [7, 11) is 0. The van der Waals surface area contributed by atoms with Crippen LogP contribution in [0.3, 0.4) is 0 Å². The SMILES string of the molecule is O=c1cc(-c2ccc(O)cc2O)oc2cc3c(c(O)c12)OCO3. The number of aromatic hydroxyl groups is 3. The zero-order chi connectivity index (χ0) is 16.1. The van der Waals surface area contributed by atoms with Crippen LogP contribution in [0.25, 0.3) is 22.3 Å². The van der Waals surface area contributed by atoms with Gasteiger partial charge in [-0.05, 0) is 12.1 Å². The van der Waals surface area contributed by atoms with Crippen LogP contribution in [0.2, 0.25) is 0 Å². The van der Waals surface area contributed by atoms with Gasteiger partial charge in [-0.3, -0.25) is 4.79 Å². The number of phenolic OH excluding ortho intramolecular Hbond substituents is 3. The number of hydrogen-bond donors (Lipinski definition) is 3. The summed E-state index contributed by atoms with van der Waals surface area (Å²) in [5.74, 6) is -0.230. The lowest BCUT2D eigenvalue weighted by Gasteiger charge is -2.08. The molecule has 0 saturated carbocycles. The molecule has 4 rings (SSSR count). The molecule has 7 nitrogen and oxygen atoms in total. The van der Waals surface area contributed by atoms with E-state index in [4.69, 9.17) is 13.9 Å². The highest BCUT2D eigenvalue weighted by Gasteiger charge is 2.24. The first-order valence-electron chi connectivity index (χ1n) is 6.66. The number of fused-ring (bicyclic) bond motifs is 2. The number of benzene rings is 2. The Bertz CT molecular complexity index is 1000. The van der Waals surface area contributed by atoms with Crippen LogP contribution in [0.1, 0.15) is 0 Å². The van der Waals surface area contributed by atoms with E-state index in [1.54, 1.807) is 0 Å². The number of phenols is 3. The van der Waals surface area contributed by atoms with Gasteiger partial charge in [0.25, 0.3) is 0 Å². The predicted octanol–water partition coefficient (Wildman–Crippen LogP) is 2.31. The lowest BCUT2D eigenvalue weighted by atomic mass is 10.1. The molecule has 0 atom stereocenters. The van der Waals surface area contributed by atoms with Gasteiger partial charge in [0.15, 0.2) is 16.9 Å². The quantitative estimate of drug-likeness (QED) is 0.632. The predicted molar refractivity (Wildman–Crippen MR) is 79.0 cm³/mol. The van der Waals surface area contributed by atoms with Gasteiger partial charge in [-0.15, -0.1) is 0 Å². The fraction of sp³-hybridized carbons (Fsp3) is 0.0625. The van der Waals surface area contributed by atoms with E-state index in [2.05, 4.69) is 0 Å². The van der Waals surface area contributed by atoms with Crippen molar-refractivity contribution < 1.29 is 29.2 Å². The summed E-state index contributed by atoms with van der Waals surface area (Å²) in [5, 5.41) is 29.4. The summed E-state index contributed by atoms with van der Waals surface area (Å²) in [6, 6.07) is 6.50. The maximum Gasteiger partial charge on any atom is 0.231 e. The minimum atomic E-state index is -0.496. The monoisotopic (exact) mass is 314 g/mol. The van der Waals surface area contributed by atoms with Crippen molar-refractivity contribution in [2.24, 2.45) is 0 Å². The van der Waals surface area contributed by atoms with E-state index in [0.29, 0.717) is 0 Å². The third-order valence-corrected chi connectivity index (χ3v) is 3.58. The van der Waals surface area contributed by atoms with Crippen LogP contribution in [0.15, 0.2) is 39.5 Å². The van der Waals surface area contributed by atoms with E-state index in [0.717, 1.165) is 12.1 Å². The van der Waals surface area contributed by atoms with Gasteiger partial charge in [-0.25, -0.2) is 0 Å².